The Bertz CT molecular complexity index is 737. The van der Waals surface area contributed by atoms with Crippen LogP contribution in [0.2, 0.25) is 0 Å². The highest BCUT2D eigenvalue weighted by Crippen LogP contribution is 2.29. The summed E-state index contributed by atoms with van der Waals surface area (Å²) in [6, 6.07) is 16.8. The fourth-order valence-electron chi connectivity index (χ4n) is 2.78. The van der Waals surface area contributed by atoms with Crippen LogP contribution in [0.3, 0.4) is 0 Å². The van der Waals surface area contributed by atoms with E-state index in [1.165, 1.54) is 16.7 Å². The maximum atomic E-state index is 11.1. The van der Waals surface area contributed by atoms with E-state index in [2.05, 4.69) is 69.0 Å². The summed E-state index contributed by atoms with van der Waals surface area (Å²) < 4.78 is 10.7. The Morgan fingerprint density at radius 2 is 1.73 bits per heavy atom. The molecule has 1 unspecified atom stereocenters. The normalized spacial score (nSPS) is 11.7. The van der Waals surface area contributed by atoms with Gasteiger partial charge in [0.05, 0.1) is 12.3 Å². The minimum atomic E-state index is -0.436. The van der Waals surface area contributed by atoms with Crippen molar-refractivity contribution >= 4 is 5.97 Å². The summed E-state index contributed by atoms with van der Waals surface area (Å²) in [6.45, 7) is 8.58. The highest BCUT2D eigenvalue weighted by atomic mass is 16.6. The molecule has 0 saturated heterocycles. The third-order valence-electron chi connectivity index (χ3n) is 4.19. The van der Waals surface area contributed by atoms with E-state index in [0.29, 0.717) is 5.76 Å². The molecule has 0 heterocycles. The molecule has 0 fully saturated rings. The molecule has 2 N–H and O–H groups in total. The van der Waals surface area contributed by atoms with E-state index in [9.17, 15) is 4.79 Å². The molecular weight excluding hydrogens is 326 g/mol. The molecule has 26 heavy (non-hydrogen) atoms. The Balaban J connectivity index is 2.08. The van der Waals surface area contributed by atoms with Crippen molar-refractivity contribution in [2.75, 3.05) is 19.8 Å². The molecule has 0 aliphatic rings. The molecule has 2 aromatic rings. The van der Waals surface area contributed by atoms with Gasteiger partial charge in [0.15, 0.2) is 0 Å². The van der Waals surface area contributed by atoms with Crippen molar-refractivity contribution in [1.82, 2.24) is 0 Å². The van der Waals surface area contributed by atoms with Crippen molar-refractivity contribution in [1.29, 1.82) is 0 Å². The highest BCUT2D eigenvalue weighted by molar-refractivity contribution is 5.71. The molecule has 0 aliphatic heterocycles. The molecule has 2 aromatic carbocycles. The quantitative estimate of drug-likeness (QED) is 0.424. The summed E-state index contributed by atoms with van der Waals surface area (Å²) in [4.78, 5) is 11.1. The fourth-order valence-corrected chi connectivity index (χ4v) is 2.78. The van der Waals surface area contributed by atoms with Gasteiger partial charge < -0.3 is 15.2 Å². The molecule has 0 aromatic heterocycles. The number of ether oxygens (including phenoxy) is 2. The summed E-state index contributed by atoms with van der Waals surface area (Å²) >= 11 is 0. The number of aryl methyl sites for hydroxylation is 2. The first kappa shape index (κ1) is 19.7. The van der Waals surface area contributed by atoms with Gasteiger partial charge in [-0.15, -0.1) is 0 Å². The van der Waals surface area contributed by atoms with Crippen molar-refractivity contribution in [3.63, 3.8) is 0 Å². The van der Waals surface area contributed by atoms with E-state index < -0.39 is 5.97 Å². The molecule has 0 radical (unpaired) electrons. The van der Waals surface area contributed by atoms with Gasteiger partial charge in [-0.1, -0.05) is 66.2 Å². The van der Waals surface area contributed by atoms with Crippen molar-refractivity contribution in [2.24, 2.45) is 5.73 Å². The van der Waals surface area contributed by atoms with Gasteiger partial charge in [-0.25, -0.2) is 0 Å². The second kappa shape index (κ2) is 9.78. The van der Waals surface area contributed by atoms with Crippen LogP contribution in [0.4, 0.5) is 0 Å². The van der Waals surface area contributed by atoms with Crippen LogP contribution < -0.4 is 5.73 Å². The van der Waals surface area contributed by atoms with Gasteiger partial charge in [0.2, 0.25) is 0 Å². The number of hydrogen-bond donors (Lipinski definition) is 1. The number of carbonyl (C=O) groups is 1. The summed E-state index contributed by atoms with van der Waals surface area (Å²) in [7, 11) is 0. The lowest BCUT2D eigenvalue weighted by atomic mass is 9.89. The molecule has 2 rings (SSSR count). The molecular formula is C22H27NO3. The summed E-state index contributed by atoms with van der Waals surface area (Å²) in [5.41, 5.74) is 10.0. The maximum Gasteiger partial charge on any atom is 0.319 e. The van der Waals surface area contributed by atoms with E-state index in [4.69, 9.17) is 15.2 Å². The second-order valence-electron chi connectivity index (χ2n) is 6.40. The zero-order chi connectivity index (χ0) is 18.9. The summed E-state index contributed by atoms with van der Waals surface area (Å²) in [6.07, 6.45) is 0.798. The minimum Gasteiger partial charge on any atom is -0.494 e. The Hall–Kier alpha value is -2.59. The number of benzene rings is 2. The van der Waals surface area contributed by atoms with Gasteiger partial charge in [0.1, 0.15) is 13.2 Å². The maximum absolute atomic E-state index is 11.1. The van der Waals surface area contributed by atoms with Gasteiger partial charge in [0, 0.05) is 5.92 Å². The van der Waals surface area contributed by atoms with E-state index in [-0.39, 0.29) is 25.7 Å². The molecule has 0 spiro atoms. The molecule has 0 saturated carbocycles. The molecule has 138 valence electrons. The summed E-state index contributed by atoms with van der Waals surface area (Å²) in [5, 5.41) is 0. The second-order valence-corrected chi connectivity index (χ2v) is 6.40. The van der Waals surface area contributed by atoms with Crippen LogP contribution in [0.5, 0.6) is 0 Å². The monoisotopic (exact) mass is 353 g/mol. The lowest BCUT2D eigenvalue weighted by Gasteiger charge is -2.21. The average molecular weight is 353 g/mol. The van der Waals surface area contributed by atoms with Crippen LogP contribution in [0.15, 0.2) is 60.9 Å². The van der Waals surface area contributed by atoms with Gasteiger partial charge in [0.25, 0.3) is 0 Å². The van der Waals surface area contributed by atoms with Gasteiger partial charge >= 0.3 is 5.97 Å². The average Bonchev–Trinajstić information content (AvgIpc) is 2.64. The van der Waals surface area contributed by atoms with Crippen molar-refractivity contribution in [3.8, 4) is 0 Å². The largest absolute Gasteiger partial charge is 0.494 e. The third-order valence-corrected chi connectivity index (χ3v) is 4.19. The Labute approximate surface area is 155 Å². The number of hydrogen-bond acceptors (Lipinski definition) is 4. The van der Waals surface area contributed by atoms with Gasteiger partial charge in [-0.3, -0.25) is 4.79 Å². The number of carbonyl (C=O) groups excluding carboxylic acids is 1. The van der Waals surface area contributed by atoms with Crippen LogP contribution in [-0.2, 0) is 20.7 Å². The number of allylic oxidation sites excluding steroid dienone is 1. The molecule has 0 aliphatic carbocycles. The lowest BCUT2D eigenvalue weighted by molar-refractivity contribution is -0.143. The van der Waals surface area contributed by atoms with Crippen LogP contribution in [0, 0.1) is 13.8 Å². The first-order valence-corrected chi connectivity index (χ1v) is 8.79. The summed E-state index contributed by atoms with van der Waals surface area (Å²) in [5.74, 6) is 0.260. The topological polar surface area (TPSA) is 61.5 Å². The molecule has 4 nitrogen and oxygen atoms in total. The molecule has 0 bridgehead atoms. The van der Waals surface area contributed by atoms with Crippen LogP contribution >= 0.6 is 0 Å². The zero-order valence-electron chi connectivity index (χ0n) is 15.5. The smallest absolute Gasteiger partial charge is 0.319 e. The van der Waals surface area contributed by atoms with E-state index >= 15 is 0 Å². The molecule has 1 atom stereocenters. The zero-order valence-corrected chi connectivity index (χ0v) is 15.5. The molecule has 4 heteroatoms. The van der Waals surface area contributed by atoms with Gasteiger partial charge in [-0.05, 0) is 31.4 Å². The first-order valence-electron chi connectivity index (χ1n) is 8.79. The van der Waals surface area contributed by atoms with Gasteiger partial charge in [-0.2, -0.15) is 0 Å². The Morgan fingerprint density at radius 3 is 2.38 bits per heavy atom. The van der Waals surface area contributed by atoms with Crippen LogP contribution in [-0.4, -0.2) is 25.7 Å². The van der Waals surface area contributed by atoms with Crippen molar-refractivity contribution < 1.29 is 14.3 Å². The SMILES string of the molecule is C=C(OCCOC(=O)CN)C(Cc1cccc(C)c1)c1ccc(C)cc1. The molecule has 0 amide bonds. The Morgan fingerprint density at radius 1 is 1.04 bits per heavy atom. The lowest BCUT2D eigenvalue weighted by Crippen LogP contribution is -2.19. The number of rotatable bonds is 9. The standard InChI is InChI=1S/C22H27NO3/c1-16-7-9-20(10-8-16)21(14-19-6-4-5-17(2)13-19)18(3)25-11-12-26-22(24)15-23/h4-10,13,21H,3,11-12,14-15,23H2,1-2H3. The number of esters is 1. The first-order chi connectivity index (χ1) is 12.5. The third kappa shape index (κ3) is 6.05. The van der Waals surface area contributed by atoms with Crippen molar-refractivity contribution in [2.45, 2.75) is 26.2 Å². The highest BCUT2D eigenvalue weighted by Gasteiger charge is 2.18. The predicted octanol–water partition coefficient (Wildman–Crippen LogP) is 3.66. The van der Waals surface area contributed by atoms with E-state index in [1.807, 2.05) is 0 Å². The van der Waals surface area contributed by atoms with E-state index in [1.54, 1.807) is 0 Å². The number of nitrogens with two attached hydrogens (primary N) is 1. The fraction of sp³-hybridized carbons (Fsp3) is 0.318. The minimum absolute atomic E-state index is 0.0302. The predicted molar refractivity (Wildman–Crippen MR) is 104 cm³/mol. The van der Waals surface area contributed by atoms with E-state index in [0.717, 1.165) is 12.0 Å². The van der Waals surface area contributed by atoms with Crippen LogP contribution in [0.1, 0.15) is 28.2 Å². The Kier molecular flexibility index (Phi) is 7.42. The van der Waals surface area contributed by atoms with Crippen LogP contribution in [0.25, 0.3) is 0 Å². The van der Waals surface area contributed by atoms with Crippen molar-refractivity contribution in [3.05, 3.63) is 83.1 Å².